The van der Waals surface area contributed by atoms with E-state index in [1.165, 1.54) is 13.0 Å². The second kappa shape index (κ2) is 7.14. The van der Waals surface area contributed by atoms with Crippen molar-refractivity contribution in [3.8, 4) is 11.5 Å². The predicted molar refractivity (Wildman–Crippen MR) is 93.3 cm³/mol. The molecule has 0 saturated carbocycles. The van der Waals surface area contributed by atoms with Crippen molar-refractivity contribution >= 4 is 15.8 Å². The third-order valence-corrected chi connectivity index (χ3v) is 5.57. The average Bonchev–Trinajstić information content (AvgIpc) is 2.54. The summed E-state index contributed by atoms with van der Waals surface area (Å²) in [5, 5.41) is 19.0. The summed E-state index contributed by atoms with van der Waals surface area (Å²) in [4.78, 5) is 11.3. The van der Waals surface area contributed by atoms with Crippen molar-refractivity contribution in [1.29, 1.82) is 0 Å². The van der Waals surface area contributed by atoms with Gasteiger partial charge in [0.15, 0.2) is 9.84 Å². The van der Waals surface area contributed by atoms with Crippen molar-refractivity contribution in [2.75, 3.05) is 12.4 Å². The number of rotatable bonds is 6. The van der Waals surface area contributed by atoms with Crippen molar-refractivity contribution in [1.82, 2.24) is 0 Å². The van der Waals surface area contributed by atoms with Crippen LogP contribution in [0.3, 0.4) is 0 Å². The Balaban J connectivity index is 2.15. The number of ether oxygens (including phenoxy) is 1. The van der Waals surface area contributed by atoms with Crippen molar-refractivity contribution in [3.63, 3.8) is 0 Å². The van der Waals surface area contributed by atoms with Gasteiger partial charge in [-0.1, -0.05) is 17.7 Å². The second-order valence-electron chi connectivity index (χ2n) is 5.83. The van der Waals surface area contributed by atoms with Gasteiger partial charge in [-0.05, 0) is 44.5 Å². The number of sulfone groups is 1. The van der Waals surface area contributed by atoms with Crippen molar-refractivity contribution in [3.05, 3.63) is 52.6 Å². The molecule has 0 saturated heterocycles. The molecule has 0 aliphatic carbocycles. The zero-order chi connectivity index (χ0) is 18.8. The van der Waals surface area contributed by atoms with Crippen LogP contribution in [0.25, 0.3) is 0 Å². The molecule has 0 amide bonds. The van der Waals surface area contributed by atoms with Crippen LogP contribution >= 0.6 is 0 Å². The van der Waals surface area contributed by atoms with Gasteiger partial charge >= 0.3 is 5.97 Å². The Labute approximate surface area is 146 Å². The molecule has 134 valence electrons. The molecule has 0 bridgehead atoms. The summed E-state index contributed by atoms with van der Waals surface area (Å²) in [6.45, 7) is 4.93. The number of aromatic carboxylic acids is 1. The second-order valence-corrected chi connectivity index (χ2v) is 7.94. The Hall–Kier alpha value is -2.54. The van der Waals surface area contributed by atoms with E-state index in [4.69, 9.17) is 9.84 Å². The maximum Gasteiger partial charge on any atom is 0.339 e. The van der Waals surface area contributed by atoms with Gasteiger partial charge in [0, 0.05) is 5.56 Å². The van der Waals surface area contributed by atoms with Gasteiger partial charge < -0.3 is 14.9 Å². The third kappa shape index (κ3) is 4.11. The van der Waals surface area contributed by atoms with Crippen LogP contribution in [0.5, 0.6) is 11.5 Å². The van der Waals surface area contributed by atoms with Crippen LogP contribution in [0.1, 0.15) is 27.0 Å². The van der Waals surface area contributed by atoms with Gasteiger partial charge in [0.1, 0.15) is 23.7 Å². The lowest BCUT2D eigenvalue weighted by Gasteiger charge is -2.15. The molecule has 2 aromatic carbocycles. The summed E-state index contributed by atoms with van der Waals surface area (Å²) >= 11 is 0. The molecule has 0 aromatic heterocycles. The van der Waals surface area contributed by atoms with Crippen LogP contribution in [0.4, 0.5) is 0 Å². The van der Waals surface area contributed by atoms with Crippen molar-refractivity contribution in [2.45, 2.75) is 25.7 Å². The minimum absolute atomic E-state index is 0.107. The first-order chi connectivity index (χ1) is 11.6. The number of carbonyl (C=O) groups is 1. The molecule has 0 unspecified atom stereocenters. The number of carboxylic acids is 1. The lowest BCUT2D eigenvalue weighted by molar-refractivity contribution is 0.0693. The lowest BCUT2D eigenvalue weighted by atomic mass is 10.0. The summed E-state index contributed by atoms with van der Waals surface area (Å²) in [5.41, 5.74) is 1.54. The molecule has 0 aliphatic rings. The first-order valence-corrected chi connectivity index (χ1v) is 9.27. The Bertz CT molecular complexity index is 898. The Morgan fingerprint density at radius 3 is 2.28 bits per heavy atom. The number of hydrogen-bond acceptors (Lipinski definition) is 5. The third-order valence-electron chi connectivity index (χ3n) is 3.88. The molecule has 0 spiro atoms. The van der Waals surface area contributed by atoms with Gasteiger partial charge in [0.2, 0.25) is 0 Å². The van der Waals surface area contributed by atoms with E-state index in [0.717, 1.165) is 5.56 Å². The van der Waals surface area contributed by atoms with Crippen LogP contribution in [-0.2, 0) is 9.84 Å². The van der Waals surface area contributed by atoms with E-state index < -0.39 is 15.8 Å². The van der Waals surface area contributed by atoms with E-state index in [-0.39, 0.29) is 34.1 Å². The zero-order valence-corrected chi connectivity index (χ0v) is 15.1. The Morgan fingerprint density at radius 2 is 1.72 bits per heavy atom. The number of benzene rings is 2. The average molecular weight is 364 g/mol. The van der Waals surface area contributed by atoms with Crippen LogP contribution in [0.2, 0.25) is 0 Å². The molecule has 6 nitrogen and oxygen atoms in total. The summed E-state index contributed by atoms with van der Waals surface area (Å²) < 4.78 is 30.1. The van der Waals surface area contributed by atoms with E-state index in [2.05, 4.69) is 0 Å². The van der Waals surface area contributed by atoms with Crippen LogP contribution in [-0.4, -0.2) is 37.0 Å². The number of hydrogen-bond donors (Lipinski definition) is 2. The monoisotopic (exact) mass is 364 g/mol. The van der Waals surface area contributed by atoms with E-state index in [1.54, 1.807) is 31.2 Å². The topological polar surface area (TPSA) is 101 Å². The molecular formula is C18H20O6S. The molecule has 0 fully saturated rings. The Kier molecular flexibility index (Phi) is 5.37. The number of aromatic hydroxyl groups is 1. The normalized spacial score (nSPS) is 11.3. The van der Waals surface area contributed by atoms with E-state index in [0.29, 0.717) is 11.3 Å². The maximum atomic E-state index is 12.3. The molecule has 0 radical (unpaired) electrons. The molecule has 2 N–H and O–H groups in total. The first kappa shape index (κ1) is 18.8. The van der Waals surface area contributed by atoms with Crippen LogP contribution in [0, 0.1) is 20.8 Å². The maximum absolute atomic E-state index is 12.3. The molecule has 2 rings (SSSR count). The molecule has 0 heterocycles. The van der Waals surface area contributed by atoms with Crippen molar-refractivity contribution < 1.29 is 28.2 Å². The highest BCUT2D eigenvalue weighted by molar-refractivity contribution is 7.91. The molecule has 25 heavy (non-hydrogen) atoms. The highest BCUT2D eigenvalue weighted by Crippen LogP contribution is 2.34. The van der Waals surface area contributed by atoms with Gasteiger partial charge in [-0.15, -0.1) is 0 Å². The van der Waals surface area contributed by atoms with E-state index in [9.17, 15) is 18.3 Å². The van der Waals surface area contributed by atoms with E-state index in [1.807, 2.05) is 6.92 Å². The molecule has 0 aliphatic heterocycles. The fraction of sp³-hybridized carbons (Fsp3) is 0.278. The standard InChI is InChI=1S/C18H20O6S/c1-11-4-6-14(7-5-11)25(22,23)9-8-24-17-12(2)10-15(18(20)21)16(19)13(17)3/h4-7,10,19H,8-9H2,1-3H3,(H,20,21). The fourth-order valence-corrected chi connectivity index (χ4v) is 3.55. The predicted octanol–water partition coefficient (Wildman–Crippen LogP) is 2.87. The highest BCUT2D eigenvalue weighted by atomic mass is 32.2. The van der Waals surface area contributed by atoms with Gasteiger partial charge in [-0.3, -0.25) is 0 Å². The summed E-state index contributed by atoms with van der Waals surface area (Å²) in [6.07, 6.45) is 0. The fourth-order valence-electron chi connectivity index (χ4n) is 2.46. The van der Waals surface area contributed by atoms with Gasteiger partial charge in [0.25, 0.3) is 0 Å². The first-order valence-electron chi connectivity index (χ1n) is 7.62. The molecule has 0 atom stereocenters. The zero-order valence-electron chi connectivity index (χ0n) is 14.2. The minimum Gasteiger partial charge on any atom is -0.507 e. The van der Waals surface area contributed by atoms with Crippen LogP contribution < -0.4 is 4.74 Å². The highest BCUT2D eigenvalue weighted by Gasteiger charge is 2.19. The van der Waals surface area contributed by atoms with Gasteiger partial charge in [-0.2, -0.15) is 0 Å². The van der Waals surface area contributed by atoms with E-state index >= 15 is 0 Å². The minimum atomic E-state index is -3.49. The van der Waals surface area contributed by atoms with Crippen molar-refractivity contribution in [2.24, 2.45) is 0 Å². The number of carboxylic acid groups (broad SMARTS) is 1. The summed E-state index contributed by atoms with van der Waals surface area (Å²) in [5.74, 6) is -1.55. The number of phenols is 1. The lowest BCUT2D eigenvalue weighted by Crippen LogP contribution is -2.15. The smallest absolute Gasteiger partial charge is 0.339 e. The summed E-state index contributed by atoms with van der Waals surface area (Å²) in [6, 6.07) is 7.85. The van der Waals surface area contributed by atoms with Gasteiger partial charge in [0.05, 0.1) is 10.6 Å². The quantitative estimate of drug-likeness (QED) is 0.817. The molecular weight excluding hydrogens is 344 g/mol. The molecule has 2 aromatic rings. The van der Waals surface area contributed by atoms with Gasteiger partial charge in [-0.25, -0.2) is 13.2 Å². The number of aryl methyl sites for hydroxylation is 2. The largest absolute Gasteiger partial charge is 0.507 e. The summed E-state index contributed by atoms with van der Waals surface area (Å²) in [7, 11) is -3.49. The Morgan fingerprint density at radius 1 is 1.12 bits per heavy atom. The SMILES string of the molecule is Cc1ccc(S(=O)(=O)CCOc2c(C)cc(C(=O)O)c(O)c2C)cc1. The van der Waals surface area contributed by atoms with Crippen LogP contribution in [0.15, 0.2) is 35.2 Å². The molecule has 7 heteroatoms.